The van der Waals surface area contributed by atoms with Gasteiger partial charge < -0.3 is 19.6 Å². The number of likely N-dealkylation sites (tertiary alicyclic amines) is 1. The molecular formula is C26H32N2O4. The van der Waals surface area contributed by atoms with Crippen molar-refractivity contribution in [1.29, 1.82) is 0 Å². The first-order valence-corrected chi connectivity index (χ1v) is 11.4. The molecule has 0 spiro atoms. The van der Waals surface area contributed by atoms with Crippen LogP contribution in [-0.4, -0.2) is 49.4 Å². The number of amides is 1. The molecule has 0 bridgehead atoms. The van der Waals surface area contributed by atoms with E-state index >= 15 is 0 Å². The van der Waals surface area contributed by atoms with Crippen LogP contribution >= 0.6 is 0 Å². The van der Waals surface area contributed by atoms with Crippen LogP contribution in [0.25, 0.3) is 5.76 Å². The molecule has 1 heterocycles. The number of ketones is 1. The number of rotatable bonds is 10. The smallest absolute Gasteiger partial charge is 0.295 e. The van der Waals surface area contributed by atoms with Gasteiger partial charge in [0.25, 0.3) is 5.91 Å². The standard InChI is InChI=1S/C26H32N2O4/c1-4-17-32-21-14-10-13-20(18-21)23-22(24(29)19-11-8-7-9-12-19)25(30)26(31)28(23)16-15-27(5-2)6-3/h7-14,18,23,29H,4-6,15-17H2,1-3H3/b24-22+. The summed E-state index contributed by atoms with van der Waals surface area (Å²) in [7, 11) is 0. The molecule has 0 aliphatic carbocycles. The number of benzene rings is 2. The Balaban J connectivity index is 2.07. The predicted molar refractivity (Wildman–Crippen MR) is 122 cm³/mol. The molecule has 3 rings (SSSR count). The lowest BCUT2D eigenvalue weighted by atomic mass is 9.95. The monoisotopic (exact) mass is 436 g/mol. The van der Waals surface area contributed by atoms with E-state index in [1.165, 1.54) is 4.90 Å². The Kier molecular flexibility index (Phi) is 8.06. The second-order valence-electron chi connectivity index (χ2n) is 7.97. The number of nitrogens with one attached hydrogen (secondary N) is 1. The van der Waals surface area contributed by atoms with Crippen molar-refractivity contribution >= 4 is 17.4 Å². The highest BCUT2D eigenvalue weighted by molar-refractivity contribution is 6.46. The van der Waals surface area contributed by atoms with Gasteiger partial charge in [-0.15, -0.1) is 0 Å². The van der Waals surface area contributed by atoms with Crippen LogP contribution in [0.15, 0.2) is 60.2 Å². The highest BCUT2D eigenvalue weighted by atomic mass is 16.5. The van der Waals surface area contributed by atoms with Gasteiger partial charge in [-0.05, 0) is 43.5 Å². The highest BCUT2D eigenvalue weighted by Gasteiger charge is 2.44. The maximum atomic E-state index is 13.4. The van der Waals surface area contributed by atoms with E-state index in [2.05, 4.69) is 13.8 Å². The van der Waals surface area contributed by atoms with Crippen molar-refractivity contribution in [1.82, 2.24) is 4.90 Å². The third kappa shape index (κ3) is 5.02. The van der Waals surface area contributed by atoms with Crippen LogP contribution in [0, 0.1) is 0 Å². The molecule has 0 aromatic heterocycles. The summed E-state index contributed by atoms with van der Waals surface area (Å²) in [5, 5.41) is 13.4. The number of Topliss-reactive ketones (excluding diaryl/α,β-unsaturated/α-hetero) is 1. The van der Waals surface area contributed by atoms with E-state index in [1.54, 1.807) is 29.2 Å². The lowest BCUT2D eigenvalue weighted by Gasteiger charge is -2.28. The molecular weight excluding hydrogens is 404 g/mol. The van der Waals surface area contributed by atoms with E-state index in [0.717, 1.165) is 19.5 Å². The number of carbonyl (C=O) groups is 2. The normalized spacial score (nSPS) is 17.9. The van der Waals surface area contributed by atoms with E-state index in [0.29, 0.717) is 36.6 Å². The fourth-order valence-corrected chi connectivity index (χ4v) is 4.07. The van der Waals surface area contributed by atoms with Crippen molar-refractivity contribution in [3.05, 3.63) is 71.3 Å². The molecule has 1 N–H and O–H groups in total. The number of carbonyl (C=O) groups excluding carboxylic acids is 2. The fourth-order valence-electron chi connectivity index (χ4n) is 4.07. The van der Waals surface area contributed by atoms with Gasteiger partial charge in [-0.3, -0.25) is 9.59 Å². The maximum Gasteiger partial charge on any atom is 0.295 e. The number of nitrogens with zero attached hydrogens (tertiary/aromatic N) is 1. The molecule has 1 aliphatic heterocycles. The minimum Gasteiger partial charge on any atom is -0.872 e. The number of quaternary nitrogens is 1. The van der Waals surface area contributed by atoms with Crippen LogP contribution in [0.3, 0.4) is 0 Å². The second kappa shape index (κ2) is 11.0. The number of likely N-dealkylation sites (N-methyl/N-ethyl adjacent to an activating group) is 1. The summed E-state index contributed by atoms with van der Waals surface area (Å²) in [4.78, 5) is 29.0. The van der Waals surface area contributed by atoms with Crippen molar-refractivity contribution in [3.63, 3.8) is 0 Å². The van der Waals surface area contributed by atoms with E-state index in [-0.39, 0.29) is 5.57 Å². The first-order chi connectivity index (χ1) is 15.5. The van der Waals surface area contributed by atoms with Crippen LogP contribution < -0.4 is 14.7 Å². The molecule has 1 saturated heterocycles. The summed E-state index contributed by atoms with van der Waals surface area (Å²) in [5.41, 5.74) is 1.14. The SMILES string of the molecule is CCCOc1cccc(C2/C(=C(\[O-])c3ccccc3)C(=O)C(=O)N2CC[NH+](CC)CC)c1. The Morgan fingerprint density at radius 1 is 1.03 bits per heavy atom. The molecule has 6 heteroatoms. The Labute approximate surface area is 190 Å². The zero-order valence-electron chi connectivity index (χ0n) is 19.1. The molecule has 1 aliphatic rings. The van der Waals surface area contributed by atoms with Crippen molar-refractivity contribution < 1.29 is 24.3 Å². The molecule has 0 saturated carbocycles. The lowest BCUT2D eigenvalue weighted by Crippen LogP contribution is -3.12. The number of hydrogen-bond donors (Lipinski definition) is 1. The van der Waals surface area contributed by atoms with Gasteiger partial charge in [-0.25, -0.2) is 0 Å². The molecule has 2 aromatic rings. The minimum atomic E-state index is -0.720. The Morgan fingerprint density at radius 2 is 1.75 bits per heavy atom. The third-order valence-electron chi connectivity index (χ3n) is 5.92. The first kappa shape index (κ1) is 23.5. The van der Waals surface area contributed by atoms with Gasteiger partial charge in [0.15, 0.2) is 0 Å². The average molecular weight is 437 g/mol. The van der Waals surface area contributed by atoms with Crippen LogP contribution in [0.1, 0.15) is 44.4 Å². The second-order valence-corrected chi connectivity index (χ2v) is 7.97. The predicted octanol–water partition coefficient (Wildman–Crippen LogP) is 1.62. The van der Waals surface area contributed by atoms with E-state index < -0.39 is 23.5 Å². The highest BCUT2D eigenvalue weighted by Crippen LogP contribution is 2.39. The van der Waals surface area contributed by atoms with Crippen molar-refractivity contribution in [2.75, 3.05) is 32.8 Å². The van der Waals surface area contributed by atoms with Gasteiger partial charge in [-0.2, -0.15) is 0 Å². The Bertz CT molecular complexity index is 967. The van der Waals surface area contributed by atoms with Gasteiger partial charge in [0.2, 0.25) is 5.78 Å². The molecule has 170 valence electrons. The van der Waals surface area contributed by atoms with Crippen LogP contribution in [-0.2, 0) is 9.59 Å². The molecule has 2 aromatic carbocycles. The Hall–Kier alpha value is -3.12. The summed E-state index contributed by atoms with van der Waals surface area (Å²) in [6.45, 7) is 9.75. The van der Waals surface area contributed by atoms with Gasteiger partial charge in [0, 0.05) is 5.57 Å². The van der Waals surface area contributed by atoms with Crippen molar-refractivity contribution in [2.24, 2.45) is 0 Å². The van der Waals surface area contributed by atoms with Crippen molar-refractivity contribution in [2.45, 2.75) is 33.2 Å². The summed E-state index contributed by atoms with van der Waals surface area (Å²) >= 11 is 0. The largest absolute Gasteiger partial charge is 0.872 e. The van der Waals surface area contributed by atoms with Gasteiger partial charge in [-0.1, -0.05) is 55.1 Å². The molecule has 32 heavy (non-hydrogen) atoms. The fraction of sp³-hybridized carbons (Fsp3) is 0.385. The Morgan fingerprint density at radius 3 is 2.41 bits per heavy atom. The third-order valence-corrected chi connectivity index (χ3v) is 5.92. The van der Waals surface area contributed by atoms with E-state index in [1.807, 2.05) is 37.3 Å². The molecule has 1 amide bonds. The van der Waals surface area contributed by atoms with Crippen LogP contribution in [0.4, 0.5) is 0 Å². The minimum absolute atomic E-state index is 0.0170. The van der Waals surface area contributed by atoms with Crippen LogP contribution in [0.5, 0.6) is 5.75 Å². The molecule has 6 nitrogen and oxygen atoms in total. The maximum absolute atomic E-state index is 13.4. The lowest BCUT2D eigenvalue weighted by molar-refractivity contribution is -0.895. The number of ether oxygens (including phenoxy) is 1. The quantitative estimate of drug-likeness (QED) is 0.349. The van der Waals surface area contributed by atoms with Crippen molar-refractivity contribution in [3.8, 4) is 5.75 Å². The number of hydrogen-bond acceptors (Lipinski definition) is 4. The molecule has 1 unspecified atom stereocenters. The summed E-state index contributed by atoms with van der Waals surface area (Å²) in [5.74, 6) is -1.05. The van der Waals surface area contributed by atoms with Gasteiger partial charge in [0.05, 0.1) is 38.8 Å². The van der Waals surface area contributed by atoms with Gasteiger partial charge >= 0.3 is 0 Å². The average Bonchev–Trinajstić information content (AvgIpc) is 3.08. The zero-order chi connectivity index (χ0) is 23.1. The van der Waals surface area contributed by atoms with Crippen LogP contribution in [0.2, 0.25) is 0 Å². The van der Waals surface area contributed by atoms with Gasteiger partial charge in [0.1, 0.15) is 5.75 Å². The molecule has 1 fully saturated rings. The molecule has 1 atom stereocenters. The zero-order valence-corrected chi connectivity index (χ0v) is 19.1. The molecule has 0 radical (unpaired) electrons. The topological polar surface area (TPSA) is 74.1 Å². The van der Waals surface area contributed by atoms with E-state index in [4.69, 9.17) is 4.74 Å². The summed E-state index contributed by atoms with van der Waals surface area (Å²) in [6, 6.07) is 15.3. The summed E-state index contributed by atoms with van der Waals surface area (Å²) < 4.78 is 5.77. The van der Waals surface area contributed by atoms with E-state index in [9.17, 15) is 14.7 Å². The first-order valence-electron chi connectivity index (χ1n) is 11.4. The summed E-state index contributed by atoms with van der Waals surface area (Å²) in [6.07, 6.45) is 0.868.